The van der Waals surface area contributed by atoms with Crippen LogP contribution >= 0.6 is 0 Å². The van der Waals surface area contributed by atoms with Crippen LogP contribution in [0.2, 0.25) is 0 Å². The molecule has 0 bridgehead atoms. The van der Waals surface area contributed by atoms with Crippen LogP contribution in [0.5, 0.6) is 0 Å². The van der Waals surface area contributed by atoms with Crippen LogP contribution in [0.1, 0.15) is 32.1 Å². The van der Waals surface area contributed by atoms with Gasteiger partial charge >= 0.3 is 0 Å². The van der Waals surface area contributed by atoms with E-state index in [-0.39, 0.29) is 0 Å². The predicted molar refractivity (Wildman–Crippen MR) is 61.8 cm³/mol. The standard InChI is InChI=1S/C12H21N3/c1-2-7-14(8-3-1)9-4-5-10-15-11-6-13-12-15/h6,11-12H,1-5,7-10H2. The summed E-state index contributed by atoms with van der Waals surface area (Å²) in [6.07, 6.45) is 12.6. The van der Waals surface area contributed by atoms with Gasteiger partial charge in [-0.1, -0.05) is 6.42 Å². The first-order valence-corrected chi connectivity index (χ1v) is 6.13. The molecular weight excluding hydrogens is 186 g/mol. The Bertz CT molecular complexity index is 250. The lowest BCUT2D eigenvalue weighted by molar-refractivity contribution is 0.223. The summed E-state index contributed by atoms with van der Waals surface area (Å²) >= 11 is 0. The van der Waals surface area contributed by atoms with E-state index in [1.165, 1.54) is 51.7 Å². The van der Waals surface area contributed by atoms with Crippen molar-refractivity contribution in [3.05, 3.63) is 18.7 Å². The Hall–Kier alpha value is -0.830. The molecule has 1 aromatic rings. The molecule has 1 fully saturated rings. The van der Waals surface area contributed by atoms with Gasteiger partial charge in [-0.05, 0) is 45.3 Å². The van der Waals surface area contributed by atoms with Crippen molar-refractivity contribution >= 4 is 0 Å². The maximum absolute atomic E-state index is 4.04. The van der Waals surface area contributed by atoms with Gasteiger partial charge in [0.15, 0.2) is 0 Å². The molecule has 0 spiro atoms. The second kappa shape index (κ2) is 5.91. The summed E-state index contributed by atoms with van der Waals surface area (Å²) in [6, 6.07) is 0. The van der Waals surface area contributed by atoms with Crippen LogP contribution in [0.3, 0.4) is 0 Å². The van der Waals surface area contributed by atoms with Gasteiger partial charge in [-0.15, -0.1) is 0 Å². The van der Waals surface area contributed by atoms with Gasteiger partial charge in [-0.3, -0.25) is 0 Å². The van der Waals surface area contributed by atoms with Crippen LogP contribution in [0.4, 0.5) is 0 Å². The second-order valence-electron chi connectivity index (χ2n) is 4.41. The van der Waals surface area contributed by atoms with Crippen molar-refractivity contribution in [1.82, 2.24) is 14.5 Å². The Morgan fingerprint density at radius 2 is 1.80 bits per heavy atom. The topological polar surface area (TPSA) is 21.1 Å². The van der Waals surface area contributed by atoms with Gasteiger partial charge in [0, 0.05) is 18.9 Å². The fourth-order valence-electron chi connectivity index (χ4n) is 2.23. The summed E-state index contributed by atoms with van der Waals surface area (Å²) < 4.78 is 2.16. The normalized spacial score (nSPS) is 18.1. The van der Waals surface area contributed by atoms with Gasteiger partial charge in [0.1, 0.15) is 0 Å². The molecule has 3 heteroatoms. The maximum atomic E-state index is 4.04. The number of aromatic nitrogens is 2. The van der Waals surface area contributed by atoms with Gasteiger partial charge in [0.05, 0.1) is 6.33 Å². The molecule has 15 heavy (non-hydrogen) atoms. The van der Waals surface area contributed by atoms with Gasteiger partial charge in [-0.25, -0.2) is 4.98 Å². The van der Waals surface area contributed by atoms with Crippen LogP contribution in [-0.2, 0) is 6.54 Å². The summed E-state index contributed by atoms with van der Waals surface area (Å²) in [5.41, 5.74) is 0. The van der Waals surface area contributed by atoms with E-state index in [1.54, 1.807) is 0 Å². The first kappa shape index (κ1) is 10.7. The van der Waals surface area contributed by atoms with E-state index >= 15 is 0 Å². The fraction of sp³-hybridized carbons (Fsp3) is 0.750. The lowest BCUT2D eigenvalue weighted by Crippen LogP contribution is -2.30. The van der Waals surface area contributed by atoms with Crippen LogP contribution in [0, 0.1) is 0 Å². The van der Waals surface area contributed by atoms with E-state index < -0.39 is 0 Å². The zero-order valence-electron chi connectivity index (χ0n) is 9.44. The number of imidazole rings is 1. The molecule has 84 valence electrons. The number of hydrogen-bond donors (Lipinski definition) is 0. The van der Waals surface area contributed by atoms with Crippen molar-refractivity contribution in [2.24, 2.45) is 0 Å². The number of aryl methyl sites for hydroxylation is 1. The maximum Gasteiger partial charge on any atom is 0.0945 e. The number of rotatable bonds is 5. The molecule has 0 N–H and O–H groups in total. The second-order valence-corrected chi connectivity index (χ2v) is 4.41. The Morgan fingerprint density at radius 1 is 1.00 bits per heavy atom. The highest BCUT2D eigenvalue weighted by Gasteiger charge is 2.08. The van der Waals surface area contributed by atoms with Crippen LogP contribution in [-0.4, -0.2) is 34.1 Å². The van der Waals surface area contributed by atoms with Crippen molar-refractivity contribution in [2.45, 2.75) is 38.6 Å². The van der Waals surface area contributed by atoms with Gasteiger partial charge in [-0.2, -0.15) is 0 Å². The zero-order chi connectivity index (χ0) is 10.3. The highest BCUT2D eigenvalue weighted by atomic mass is 15.1. The highest BCUT2D eigenvalue weighted by Crippen LogP contribution is 2.09. The largest absolute Gasteiger partial charge is 0.337 e. The molecular formula is C12H21N3. The molecule has 1 aromatic heterocycles. The number of piperidine rings is 1. The summed E-state index contributed by atoms with van der Waals surface area (Å²) in [7, 11) is 0. The average Bonchev–Trinajstić information content (AvgIpc) is 2.79. The molecule has 0 aliphatic carbocycles. The third kappa shape index (κ3) is 3.67. The molecule has 2 rings (SSSR count). The third-order valence-electron chi connectivity index (χ3n) is 3.15. The van der Waals surface area contributed by atoms with E-state index in [1.807, 2.05) is 18.7 Å². The van der Waals surface area contributed by atoms with Gasteiger partial charge in [0.2, 0.25) is 0 Å². The lowest BCUT2D eigenvalue weighted by Gasteiger charge is -2.26. The molecule has 0 radical (unpaired) electrons. The molecule has 1 aliphatic rings. The molecule has 0 atom stereocenters. The number of likely N-dealkylation sites (tertiary alicyclic amines) is 1. The van der Waals surface area contributed by atoms with Crippen molar-refractivity contribution in [1.29, 1.82) is 0 Å². The first-order chi connectivity index (χ1) is 7.45. The Morgan fingerprint density at radius 3 is 2.53 bits per heavy atom. The van der Waals surface area contributed by atoms with Crippen molar-refractivity contribution in [2.75, 3.05) is 19.6 Å². The quantitative estimate of drug-likeness (QED) is 0.690. The predicted octanol–water partition coefficient (Wildman–Crippen LogP) is 2.15. The number of nitrogens with zero attached hydrogens (tertiary/aromatic N) is 3. The smallest absolute Gasteiger partial charge is 0.0945 e. The monoisotopic (exact) mass is 207 g/mol. The fourth-order valence-corrected chi connectivity index (χ4v) is 2.23. The number of hydrogen-bond acceptors (Lipinski definition) is 2. The van der Waals surface area contributed by atoms with Crippen LogP contribution < -0.4 is 0 Å². The van der Waals surface area contributed by atoms with E-state index in [2.05, 4.69) is 14.5 Å². The molecule has 2 heterocycles. The Kier molecular flexibility index (Phi) is 4.21. The van der Waals surface area contributed by atoms with Crippen LogP contribution in [0.25, 0.3) is 0 Å². The molecule has 0 saturated carbocycles. The molecule has 1 saturated heterocycles. The lowest BCUT2D eigenvalue weighted by atomic mass is 10.1. The van der Waals surface area contributed by atoms with Gasteiger partial charge < -0.3 is 9.47 Å². The van der Waals surface area contributed by atoms with E-state index in [4.69, 9.17) is 0 Å². The summed E-state index contributed by atoms with van der Waals surface area (Å²) in [6.45, 7) is 5.05. The van der Waals surface area contributed by atoms with Crippen molar-refractivity contribution < 1.29 is 0 Å². The minimum atomic E-state index is 1.12. The molecule has 0 aromatic carbocycles. The van der Waals surface area contributed by atoms with E-state index in [0.29, 0.717) is 0 Å². The van der Waals surface area contributed by atoms with E-state index in [9.17, 15) is 0 Å². The SMILES string of the molecule is c1cn(CCCCN2CCCCC2)cn1. The highest BCUT2D eigenvalue weighted by molar-refractivity contribution is 4.73. The third-order valence-corrected chi connectivity index (χ3v) is 3.15. The van der Waals surface area contributed by atoms with Crippen molar-refractivity contribution in [3.8, 4) is 0 Å². The minimum absolute atomic E-state index is 1.12. The van der Waals surface area contributed by atoms with Crippen LogP contribution in [0.15, 0.2) is 18.7 Å². The summed E-state index contributed by atoms with van der Waals surface area (Å²) in [5, 5.41) is 0. The number of unbranched alkanes of at least 4 members (excludes halogenated alkanes) is 1. The van der Waals surface area contributed by atoms with E-state index in [0.717, 1.165) is 6.54 Å². The van der Waals surface area contributed by atoms with Gasteiger partial charge in [0.25, 0.3) is 0 Å². The zero-order valence-corrected chi connectivity index (χ0v) is 9.44. The molecule has 0 amide bonds. The first-order valence-electron chi connectivity index (χ1n) is 6.13. The average molecular weight is 207 g/mol. The molecule has 3 nitrogen and oxygen atoms in total. The molecule has 0 unspecified atom stereocenters. The molecule has 1 aliphatic heterocycles. The summed E-state index contributed by atoms with van der Waals surface area (Å²) in [5.74, 6) is 0. The summed E-state index contributed by atoms with van der Waals surface area (Å²) in [4.78, 5) is 6.65. The Labute approximate surface area is 92.1 Å². The van der Waals surface area contributed by atoms with Crippen molar-refractivity contribution in [3.63, 3.8) is 0 Å². The Balaban J connectivity index is 1.54. The minimum Gasteiger partial charge on any atom is -0.337 e.